The van der Waals surface area contributed by atoms with Crippen LogP contribution in [0.25, 0.3) is 0 Å². The molecule has 0 radical (unpaired) electrons. The molecule has 7 heteroatoms. The molecular weight excluding hydrogens is 392 g/mol. The van der Waals surface area contributed by atoms with Crippen molar-refractivity contribution in [3.05, 3.63) is 58.6 Å². The van der Waals surface area contributed by atoms with Crippen LogP contribution < -0.4 is 14.8 Å². The molecule has 0 aromatic heterocycles. The first kappa shape index (κ1) is 21.0. The first-order valence-electron chi connectivity index (χ1n) is 9.63. The van der Waals surface area contributed by atoms with E-state index in [1.807, 2.05) is 39.0 Å². The molecule has 1 N–H and O–H groups in total. The topological polar surface area (TPSA) is 67.9 Å². The Morgan fingerprint density at radius 1 is 1.14 bits per heavy atom. The number of nitrogens with one attached hydrogen (secondary N) is 1. The smallest absolute Gasteiger partial charge is 0.253 e. The summed E-state index contributed by atoms with van der Waals surface area (Å²) in [5, 5.41) is 3.21. The van der Waals surface area contributed by atoms with Gasteiger partial charge in [-0.15, -0.1) is 0 Å². The molecule has 0 spiro atoms. The van der Waals surface area contributed by atoms with E-state index in [0.29, 0.717) is 35.2 Å². The van der Waals surface area contributed by atoms with Crippen molar-refractivity contribution in [1.29, 1.82) is 0 Å². The van der Waals surface area contributed by atoms with Crippen molar-refractivity contribution < 1.29 is 19.1 Å². The van der Waals surface area contributed by atoms with E-state index < -0.39 is 6.04 Å². The van der Waals surface area contributed by atoms with Crippen molar-refractivity contribution in [2.75, 3.05) is 13.3 Å². The van der Waals surface area contributed by atoms with Crippen LogP contribution in [0.3, 0.4) is 0 Å². The van der Waals surface area contributed by atoms with E-state index in [-0.39, 0.29) is 24.5 Å². The van der Waals surface area contributed by atoms with Crippen molar-refractivity contribution in [3.63, 3.8) is 0 Å². The lowest BCUT2D eigenvalue weighted by Gasteiger charge is -2.29. The molecule has 1 aliphatic heterocycles. The molecular formula is C22H25ClN2O4. The second-order valence-electron chi connectivity index (χ2n) is 7.22. The van der Waals surface area contributed by atoms with Gasteiger partial charge in [0.25, 0.3) is 5.91 Å². The molecule has 2 aromatic rings. The number of likely N-dealkylation sites (N-methyl/N-ethyl adjacent to an activating group) is 1. The quantitative estimate of drug-likeness (QED) is 0.743. The molecule has 1 unspecified atom stereocenters. The van der Waals surface area contributed by atoms with Crippen molar-refractivity contribution in [2.24, 2.45) is 5.92 Å². The van der Waals surface area contributed by atoms with E-state index in [2.05, 4.69) is 5.32 Å². The molecule has 6 nitrogen and oxygen atoms in total. The van der Waals surface area contributed by atoms with Crippen molar-refractivity contribution >= 4 is 23.4 Å². The number of hydrogen-bond acceptors (Lipinski definition) is 4. The van der Waals surface area contributed by atoms with Gasteiger partial charge in [0, 0.05) is 13.1 Å². The Morgan fingerprint density at radius 2 is 1.86 bits per heavy atom. The van der Waals surface area contributed by atoms with Crippen molar-refractivity contribution in [2.45, 2.75) is 33.4 Å². The third-order valence-electron chi connectivity index (χ3n) is 4.84. The summed E-state index contributed by atoms with van der Waals surface area (Å²) in [6.07, 6.45) is 0. The highest BCUT2D eigenvalue weighted by molar-refractivity contribution is 6.33. The number of nitrogens with zero attached hydrogens (tertiary/aromatic N) is 1. The van der Waals surface area contributed by atoms with E-state index in [0.717, 1.165) is 5.56 Å². The Hall–Kier alpha value is -2.73. The van der Waals surface area contributed by atoms with Gasteiger partial charge in [0.05, 0.1) is 10.6 Å². The highest BCUT2D eigenvalue weighted by Gasteiger charge is 2.29. The van der Waals surface area contributed by atoms with Crippen LogP contribution in [-0.4, -0.2) is 36.1 Å². The monoisotopic (exact) mass is 416 g/mol. The number of benzene rings is 2. The van der Waals surface area contributed by atoms with E-state index in [4.69, 9.17) is 21.1 Å². The van der Waals surface area contributed by atoms with Gasteiger partial charge >= 0.3 is 0 Å². The maximum atomic E-state index is 13.2. The van der Waals surface area contributed by atoms with E-state index in [9.17, 15) is 9.59 Å². The van der Waals surface area contributed by atoms with Gasteiger partial charge in [-0.2, -0.15) is 0 Å². The summed E-state index contributed by atoms with van der Waals surface area (Å²) in [5.74, 6) is 0.802. The van der Waals surface area contributed by atoms with Crippen LogP contribution >= 0.6 is 11.6 Å². The second kappa shape index (κ2) is 9.18. The summed E-state index contributed by atoms with van der Waals surface area (Å²) >= 11 is 6.13. The predicted molar refractivity (Wildman–Crippen MR) is 111 cm³/mol. The average Bonchev–Trinajstić information content (AvgIpc) is 3.17. The fourth-order valence-electron chi connectivity index (χ4n) is 3.18. The van der Waals surface area contributed by atoms with Crippen LogP contribution in [0.5, 0.6) is 11.5 Å². The zero-order valence-corrected chi connectivity index (χ0v) is 17.5. The summed E-state index contributed by atoms with van der Waals surface area (Å²) in [6.45, 7) is 6.86. The molecule has 1 heterocycles. The molecule has 0 aliphatic carbocycles. The van der Waals surface area contributed by atoms with Crippen molar-refractivity contribution in [3.8, 4) is 11.5 Å². The van der Waals surface area contributed by atoms with Gasteiger partial charge < -0.3 is 19.7 Å². The Balaban J connectivity index is 1.74. The molecule has 2 aromatic carbocycles. The number of ether oxygens (including phenoxy) is 2. The van der Waals surface area contributed by atoms with E-state index >= 15 is 0 Å². The minimum atomic E-state index is -0.660. The molecule has 3 rings (SSSR count). The predicted octanol–water partition coefficient (Wildman–Crippen LogP) is 3.87. The Labute approximate surface area is 175 Å². The van der Waals surface area contributed by atoms with Crippen LogP contribution in [0, 0.1) is 5.92 Å². The third-order valence-corrected chi connectivity index (χ3v) is 5.17. The highest BCUT2D eigenvalue weighted by atomic mass is 35.5. The Kier molecular flexibility index (Phi) is 6.64. The molecule has 154 valence electrons. The number of rotatable bonds is 7. The van der Waals surface area contributed by atoms with Gasteiger partial charge in [-0.1, -0.05) is 43.6 Å². The summed E-state index contributed by atoms with van der Waals surface area (Å²) < 4.78 is 10.8. The van der Waals surface area contributed by atoms with Gasteiger partial charge in [0.2, 0.25) is 12.7 Å². The fourth-order valence-corrected chi connectivity index (χ4v) is 3.40. The zero-order valence-electron chi connectivity index (χ0n) is 16.8. The van der Waals surface area contributed by atoms with Gasteiger partial charge in [-0.05, 0) is 42.7 Å². The number of amides is 2. The Morgan fingerprint density at radius 3 is 2.55 bits per heavy atom. The molecule has 0 fully saturated rings. The normalized spacial score (nSPS) is 13.3. The summed E-state index contributed by atoms with van der Waals surface area (Å²) in [5.41, 5.74) is 1.29. The maximum absolute atomic E-state index is 13.2. The summed E-state index contributed by atoms with van der Waals surface area (Å²) in [6, 6.07) is 11.8. The van der Waals surface area contributed by atoms with Crippen LogP contribution in [0.1, 0.15) is 36.7 Å². The van der Waals surface area contributed by atoms with E-state index in [1.54, 1.807) is 29.2 Å². The molecule has 29 heavy (non-hydrogen) atoms. The lowest BCUT2D eigenvalue weighted by Crippen LogP contribution is -2.51. The van der Waals surface area contributed by atoms with Gasteiger partial charge in [0.15, 0.2) is 11.5 Å². The molecule has 0 saturated carbocycles. The first-order chi connectivity index (χ1) is 13.9. The van der Waals surface area contributed by atoms with E-state index in [1.165, 1.54) is 0 Å². The number of carbonyl (C=O) groups excluding carboxylic acids is 2. The third kappa shape index (κ3) is 4.82. The standard InChI is InChI=1S/C22H25ClN2O4/c1-4-25(12-15-9-10-18-19(11-15)29-13-28-18)22(27)20(14(2)3)24-21(26)16-7-5-6-8-17(16)23/h5-11,14,20H,4,12-13H2,1-3H3,(H,24,26). The minimum absolute atomic E-state index is 0.0836. The van der Waals surface area contributed by atoms with Crippen molar-refractivity contribution in [1.82, 2.24) is 10.2 Å². The zero-order chi connectivity index (χ0) is 21.0. The molecule has 0 bridgehead atoms. The number of carbonyl (C=O) groups is 2. The Bertz CT molecular complexity index is 900. The molecule has 1 atom stereocenters. The number of fused-ring (bicyclic) bond motifs is 1. The second-order valence-corrected chi connectivity index (χ2v) is 7.62. The summed E-state index contributed by atoms with van der Waals surface area (Å²) in [4.78, 5) is 27.6. The molecule has 0 saturated heterocycles. The fraction of sp³-hybridized carbons (Fsp3) is 0.364. The van der Waals surface area contributed by atoms with Gasteiger partial charge in [0.1, 0.15) is 6.04 Å². The lowest BCUT2D eigenvalue weighted by atomic mass is 10.0. The number of halogens is 1. The largest absolute Gasteiger partial charge is 0.454 e. The highest BCUT2D eigenvalue weighted by Crippen LogP contribution is 2.32. The number of hydrogen-bond donors (Lipinski definition) is 1. The first-order valence-corrected chi connectivity index (χ1v) is 10.0. The van der Waals surface area contributed by atoms with Crippen LogP contribution in [0.2, 0.25) is 5.02 Å². The SMILES string of the molecule is CCN(Cc1ccc2c(c1)OCO2)C(=O)C(NC(=O)c1ccccc1Cl)C(C)C. The average molecular weight is 417 g/mol. The lowest BCUT2D eigenvalue weighted by molar-refractivity contribution is -0.134. The molecule has 1 aliphatic rings. The van der Waals surface area contributed by atoms with Gasteiger partial charge in [-0.3, -0.25) is 9.59 Å². The summed E-state index contributed by atoms with van der Waals surface area (Å²) in [7, 11) is 0. The minimum Gasteiger partial charge on any atom is -0.454 e. The van der Waals surface area contributed by atoms with Crippen LogP contribution in [0.15, 0.2) is 42.5 Å². The van der Waals surface area contributed by atoms with Crippen LogP contribution in [0.4, 0.5) is 0 Å². The van der Waals surface area contributed by atoms with Crippen LogP contribution in [-0.2, 0) is 11.3 Å². The molecule has 2 amide bonds. The van der Waals surface area contributed by atoms with Gasteiger partial charge in [-0.25, -0.2) is 0 Å². The maximum Gasteiger partial charge on any atom is 0.253 e.